The number of hydrogen-bond donors (Lipinski definition) is 1. The number of alkyl halides is 3. The molecule has 0 aromatic heterocycles. The highest BCUT2D eigenvalue weighted by Crippen LogP contribution is 2.35. The summed E-state index contributed by atoms with van der Waals surface area (Å²) in [6, 6.07) is 3.00. The number of nitrogens with one attached hydrogen (secondary N) is 1. The molecule has 0 heterocycles. The standard InChI is InChI=1S/C15H17F3N2O4/c1-20(2)12-6-5-9(15(16,17)18)7-10(12)19-11(14(22)24-4)8-13(21)23-3/h5-8,19H,1-4H3/b11-8+. The molecular formula is C15H17F3N2O4. The lowest BCUT2D eigenvalue weighted by Gasteiger charge is -2.20. The summed E-state index contributed by atoms with van der Waals surface area (Å²) in [6.45, 7) is 0. The highest BCUT2D eigenvalue weighted by atomic mass is 19.4. The van der Waals surface area contributed by atoms with Crippen LogP contribution in [0.2, 0.25) is 0 Å². The van der Waals surface area contributed by atoms with Gasteiger partial charge in [0.15, 0.2) is 0 Å². The van der Waals surface area contributed by atoms with E-state index in [4.69, 9.17) is 0 Å². The maximum absolute atomic E-state index is 12.9. The van der Waals surface area contributed by atoms with Crippen LogP contribution in [0.4, 0.5) is 24.5 Å². The second-order valence-corrected chi connectivity index (χ2v) is 4.82. The van der Waals surface area contributed by atoms with Crippen LogP contribution in [0.5, 0.6) is 0 Å². The quantitative estimate of drug-likeness (QED) is 0.652. The molecule has 24 heavy (non-hydrogen) atoms. The number of ether oxygens (including phenoxy) is 2. The molecular weight excluding hydrogens is 329 g/mol. The van der Waals surface area contributed by atoms with Gasteiger partial charge in [-0.3, -0.25) is 0 Å². The predicted octanol–water partition coefficient (Wildman–Crippen LogP) is 2.41. The first kappa shape index (κ1) is 19.3. The number of carbonyl (C=O) groups is 2. The Kier molecular flexibility index (Phi) is 6.21. The molecule has 0 aliphatic heterocycles. The van der Waals surface area contributed by atoms with Crippen LogP contribution in [0.25, 0.3) is 0 Å². The van der Waals surface area contributed by atoms with Gasteiger partial charge in [-0.25, -0.2) is 9.59 Å². The van der Waals surface area contributed by atoms with Crippen LogP contribution >= 0.6 is 0 Å². The Morgan fingerprint density at radius 1 is 1.17 bits per heavy atom. The third-order valence-electron chi connectivity index (χ3n) is 2.94. The normalized spacial score (nSPS) is 11.7. The van der Waals surface area contributed by atoms with E-state index in [1.165, 1.54) is 6.07 Å². The van der Waals surface area contributed by atoms with Gasteiger partial charge in [0.05, 0.1) is 37.2 Å². The summed E-state index contributed by atoms with van der Waals surface area (Å²) < 4.78 is 47.6. The SMILES string of the molecule is COC(=O)/C=C(/Nc1cc(C(F)(F)F)ccc1N(C)C)C(=O)OC. The van der Waals surface area contributed by atoms with Gasteiger partial charge in [-0.1, -0.05) is 0 Å². The zero-order chi connectivity index (χ0) is 18.5. The first-order valence-electron chi connectivity index (χ1n) is 6.63. The Bertz CT molecular complexity index is 655. The van der Waals surface area contributed by atoms with Crippen molar-refractivity contribution in [2.75, 3.05) is 38.5 Å². The number of methoxy groups -OCH3 is 2. The van der Waals surface area contributed by atoms with Crippen LogP contribution in [0, 0.1) is 0 Å². The van der Waals surface area contributed by atoms with Crippen LogP contribution in [0.1, 0.15) is 5.56 Å². The fourth-order valence-electron chi connectivity index (χ4n) is 1.78. The smallest absolute Gasteiger partial charge is 0.416 e. The van der Waals surface area contributed by atoms with Crippen molar-refractivity contribution in [1.82, 2.24) is 0 Å². The highest BCUT2D eigenvalue weighted by Gasteiger charge is 2.31. The fourth-order valence-corrected chi connectivity index (χ4v) is 1.78. The van der Waals surface area contributed by atoms with E-state index in [0.717, 1.165) is 32.4 Å². The van der Waals surface area contributed by atoms with E-state index in [2.05, 4.69) is 14.8 Å². The molecule has 1 aromatic rings. The van der Waals surface area contributed by atoms with Crippen LogP contribution < -0.4 is 10.2 Å². The average molecular weight is 346 g/mol. The van der Waals surface area contributed by atoms with Gasteiger partial charge in [-0.2, -0.15) is 13.2 Å². The second kappa shape index (κ2) is 7.71. The molecule has 0 saturated heterocycles. The second-order valence-electron chi connectivity index (χ2n) is 4.82. The molecule has 0 unspecified atom stereocenters. The van der Waals surface area contributed by atoms with Gasteiger partial charge in [0.1, 0.15) is 5.70 Å². The summed E-state index contributed by atoms with van der Waals surface area (Å²) in [7, 11) is 5.42. The van der Waals surface area contributed by atoms with Crippen molar-refractivity contribution in [3.8, 4) is 0 Å². The maximum atomic E-state index is 12.9. The number of halogens is 3. The van der Waals surface area contributed by atoms with Gasteiger partial charge < -0.3 is 19.7 Å². The van der Waals surface area contributed by atoms with E-state index in [9.17, 15) is 22.8 Å². The van der Waals surface area contributed by atoms with E-state index >= 15 is 0 Å². The Hall–Kier alpha value is -2.71. The summed E-state index contributed by atoms with van der Waals surface area (Å²) in [5.41, 5.74) is -0.900. The monoisotopic (exact) mass is 346 g/mol. The summed E-state index contributed by atoms with van der Waals surface area (Å²) in [4.78, 5) is 24.6. The molecule has 0 atom stereocenters. The average Bonchev–Trinajstić information content (AvgIpc) is 2.52. The lowest BCUT2D eigenvalue weighted by molar-refractivity contribution is -0.138. The van der Waals surface area contributed by atoms with E-state index < -0.39 is 23.7 Å². The highest BCUT2D eigenvalue weighted by molar-refractivity contribution is 5.99. The Morgan fingerprint density at radius 2 is 1.79 bits per heavy atom. The number of benzene rings is 1. The minimum absolute atomic E-state index is 0.0182. The molecule has 0 aliphatic carbocycles. The van der Waals surface area contributed by atoms with Crippen LogP contribution in [0.15, 0.2) is 30.0 Å². The van der Waals surface area contributed by atoms with Gasteiger partial charge in [0.2, 0.25) is 0 Å². The third-order valence-corrected chi connectivity index (χ3v) is 2.94. The van der Waals surface area contributed by atoms with Crippen molar-refractivity contribution < 1.29 is 32.2 Å². The molecule has 0 aliphatic rings. The molecule has 6 nitrogen and oxygen atoms in total. The van der Waals surface area contributed by atoms with E-state index in [-0.39, 0.29) is 11.4 Å². The minimum atomic E-state index is -4.56. The van der Waals surface area contributed by atoms with Gasteiger partial charge in [-0.05, 0) is 18.2 Å². The third kappa shape index (κ3) is 4.90. The molecule has 0 saturated carbocycles. The minimum Gasteiger partial charge on any atom is -0.466 e. The first-order valence-corrected chi connectivity index (χ1v) is 6.63. The number of rotatable bonds is 5. The first-order chi connectivity index (χ1) is 11.1. The molecule has 132 valence electrons. The van der Waals surface area contributed by atoms with Crippen molar-refractivity contribution in [2.24, 2.45) is 0 Å². The topological polar surface area (TPSA) is 67.9 Å². The zero-order valence-electron chi connectivity index (χ0n) is 13.5. The van der Waals surface area contributed by atoms with Gasteiger partial charge in [-0.15, -0.1) is 0 Å². The Labute approximate surface area is 136 Å². The van der Waals surface area contributed by atoms with Gasteiger partial charge in [0, 0.05) is 14.1 Å². The number of nitrogens with zero attached hydrogens (tertiary/aromatic N) is 1. The molecule has 9 heteroatoms. The van der Waals surface area contributed by atoms with Crippen LogP contribution in [-0.2, 0) is 25.2 Å². The number of hydrogen-bond acceptors (Lipinski definition) is 6. The maximum Gasteiger partial charge on any atom is 0.416 e. The largest absolute Gasteiger partial charge is 0.466 e. The van der Waals surface area contributed by atoms with E-state index in [0.29, 0.717) is 5.69 Å². The molecule has 0 fully saturated rings. The van der Waals surface area contributed by atoms with Gasteiger partial charge >= 0.3 is 18.1 Å². The number of anilines is 2. The van der Waals surface area contributed by atoms with Crippen molar-refractivity contribution >= 4 is 23.3 Å². The molecule has 0 spiro atoms. The lowest BCUT2D eigenvalue weighted by Crippen LogP contribution is -2.19. The number of carbonyl (C=O) groups excluding carboxylic acids is 2. The Morgan fingerprint density at radius 3 is 2.25 bits per heavy atom. The summed E-state index contributed by atoms with van der Waals surface area (Å²) in [6.07, 6.45) is -3.76. The van der Waals surface area contributed by atoms with Crippen molar-refractivity contribution in [3.05, 3.63) is 35.5 Å². The van der Waals surface area contributed by atoms with E-state index in [1.807, 2.05) is 0 Å². The number of esters is 2. The summed E-state index contributed by atoms with van der Waals surface area (Å²) in [5, 5.41) is 2.50. The zero-order valence-corrected chi connectivity index (χ0v) is 13.5. The van der Waals surface area contributed by atoms with Crippen molar-refractivity contribution in [2.45, 2.75) is 6.18 Å². The van der Waals surface area contributed by atoms with Crippen LogP contribution in [-0.4, -0.2) is 40.3 Å². The molecule has 0 bridgehead atoms. The van der Waals surface area contributed by atoms with Crippen molar-refractivity contribution in [1.29, 1.82) is 0 Å². The predicted molar refractivity (Wildman–Crippen MR) is 81.5 cm³/mol. The Balaban J connectivity index is 3.37. The summed E-state index contributed by atoms with van der Waals surface area (Å²) in [5.74, 6) is -1.79. The lowest BCUT2D eigenvalue weighted by atomic mass is 10.1. The molecule has 1 aromatic carbocycles. The molecule has 1 rings (SSSR count). The molecule has 1 N–H and O–H groups in total. The molecule has 0 amide bonds. The fraction of sp³-hybridized carbons (Fsp3) is 0.333. The van der Waals surface area contributed by atoms with Gasteiger partial charge in [0.25, 0.3) is 0 Å². The summed E-state index contributed by atoms with van der Waals surface area (Å²) >= 11 is 0. The van der Waals surface area contributed by atoms with Crippen LogP contribution in [0.3, 0.4) is 0 Å². The molecule has 0 radical (unpaired) electrons. The van der Waals surface area contributed by atoms with Crippen molar-refractivity contribution in [3.63, 3.8) is 0 Å². The van der Waals surface area contributed by atoms with E-state index in [1.54, 1.807) is 19.0 Å².